The molecular weight excluding hydrogens is 220 g/mol. The molecule has 0 saturated heterocycles. The van der Waals surface area contributed by atoms with Crippen LogP contribution < -0.4 is 10.1 Å². The maximum Gasteiger partial charge on any atom is 0.213 e. The van der Waals surface area contributed by atoms with Crippen LogP contribution in [0.15, 0.2) is 24.4 Å². The van der Waals surface area contributed by atoms with Gasteiger partial charge in [-0.1, -0.05) is 0 Å². The number of hydrogen-bond donors (Lipinski definition) is 2. The summed E-state index contributed by atoms with van der Waals surface area (Å²) in [4.78, 5) is 4.06. The summed E-state index contributed by atoms with van der Waals surface area (Å²) >= 11 is 0. The molecule has 0 radical (unpaired) electrons. The molecule has 2 rings (SSSR count). The zero-order chi connectivity index (χ0) is 12.3. The van der Waals surface area contributed by atoms with Crippen molar-refractivity contribution in [1.82, 2.24) is 14.8 Å². The van der Waals surface area contributed by atoms with Gasteiger partial charge >= 0.3 is 0 Å². The summed E-state index contributed by atoms with van der Waals surface area (Å²) in [6.07, 6.45) is 1.41. The predicted molar refractivity (Wildman–Crippen MR) is 63.0 cm³/mol. The van der Waals surface area contributed by atoms with Crippen molar-refractivity contribution >= 4 is 5.82 Å². The molecule has 2 N–H and O–H groups in total. The van der Waals surface area contributed by atoms with Crippen molar-refractivity contribution in [1.29, 1.82) is 0 Å². The molecule has 0 atom stereocenters. The second-order valence-electron chi connectivity index (χ2n) is 3.56. The Morgan fingerprint density at radius 1 is 1.47 bits per heavy atom. The molecule has 6 nitrogen and oxygen atoms in total. The number of rotatable bonds is 4. The lowest BCUT2D eigenvalue weighted by atomic mass is 10.3. The molecule has 0 aliphatic heterocycles. The van der Waals surface area contributed by atoms with Crippen molar-refractivity contribution in [3.05, 3.63) is 30.1 Å². The lowest BCUT2D eigenvalue weighted by molar-refractivity contribution is 0.373. The van der Waals surface area contributed by atoms with E-state index in [1.807, 2.05) is 7.05 Å². The Balaban J connectivity index is 1.99. The zero-order valence-electron chi connectivity index (χ0n) is 9.71. The maximum absolute atomic E-state index is 9.10. The number of aromatic hydroxyl groups is 1. The Morgan fingerprint density at radius 3 is 2.88 bits per heavy atom. The largest absolute Gasteiger partial charge is 0.506 e. The highest BCUT2D eigenvalue weighted by Gasteiger charge is 2.04. The Bertz CT molecular complexity index is 493. The van der Waals surface area contributed by atoms with E-state index in [0.29, 0.717) is 12.4 Å². The van der Waals surface area contributed by atoms with Crippen molar-refractivity contribution in [3.8, 4) is 11.6 Å². The van der Waals surface area contributed by atoms with E-state index in [0.717, 1.165) is 11.5 Å². The van der Waals surface area contributed by atoms with E-state index in [4.69, 9.17) is 9.84 Å². The Morgan fingerprint density at radius 2 is 2.29 bits per heavy atom. The topological polar surface area (TPSA) is 72.2 Å². The van der Waals surface area contributed by atoms with Crippen molar-refractivity contribution in [2.45, 2.75) is 6.54 Å². The molecule has 2 heterocycles. The van der Waals surface area contributed by atoms with Crippen molar-refractivity contribution in [2.75, 3.05) is 12.4 Å². The van der Waals surface area contributed by atoms with Crippen molar-refractivity contribution < 1.29 is 9.84 Å². The van der Waals surface area contributed by atoms with E-state index in [9.17, 15) is 0 Å². The van der Waals surface area contributed by atoms with Gasteiger partial charge in [0, 0.05) is 13.1 Å². The van der Waals surface area contributed by atoms with Crippen LogP contribution in [0.4, 0.5) is 5.82 Å². The minimum Gasteiger partial charge on any atom is -0.506 e. The molecule has 90 valence electrons. The van der Waals surface area contributed by atoms with Gasteiger partial charge in [0.05, 0.1) is 25.5 Å². The molecule has 6 heteroatoms. The number of anilines is 1. The van der Waals surface area contributed by atoms with Gasteiger partial charge in [0.2, 0.25) is 5.88 Å². The fourth-order valence-corrected chi connectivity index (χ4v) is 1.43. The average Bonchev–Trinajstić information content (AvgIpc) is 2.69. The second-order valence-corrected chi connectivity index (χ2v) is 3.56. The minimum absolute atomic E-state index is 0.160. The van der Waals surface area contributed by atoms with Gasteiger partial charge in [0.25, 0.3) is 0 Å². The van der Waals surface area contributed by atoms with Gasteiger partial charge in [-0.15, -0.1) is 0 Å². The van der Waals surface area contributed by atoms with E-state index >= 15 is 0 Å². The number of methoxy groups -OCH3 is 1. The third-order valence-corrected chi connectivity index (χ3v) is 2.31. The fourth-order valence-electron chi connectivity index (χ4n) is 1.43. The van der Waals surface area contributed by atoms with Gasteiger partial charge in [-0.25, -0.2) is 4.68 Å². The third kappa shape index (κ3) is 2.66. The highest BCUT2D eigenvalue weighted by Crippen LogP contribution is 2.15. The van der Waals surface area contributed by atoms with Gasteiger partial charge in [-0.05, 0) is 12.1 Å². The van der Waals surface area contributed by atoms with Crippen LogP contribution in [0.5, 0.6) is 11.6 Å². The summed E-state index contributed by atoms with van der Waals surface area (Å²) in [5.41, 5.74) is 0.826. The smallest absolute Gasteiger partial charge is 0.213 e. The standard InChI is InChI=1S/C11H14N4O2/c1-15-11(17-2)5-10(14-15)13-6-8-3-4-9(16)7-12-8/h3-5,7,16H,6H2,1-2H3,(H,13,14). The normalized spacial score (nSPS) is 10.2. The fraction of sp³-hybridized carbons (Fsp3) is 0.273. The first-order valence-corrected chi connectivity index (χ1v) is 5.15. The molecule has 0 saturated carbocycles. The summed E-state index contributed by atoms with van der Waals surface area (Å²) in [6, 6.07) is 5.16. The summed E-state index contributed by atoms with van der Waals surface area (Å²) in [6.45, 7) is 0.542. The molecule has 0 aliphatic rings. The monoisotopic (exact) mass is 234 g/mol. The van der Waals surface area contributed by atoms with Crippen molar-refractivity contribution in [3.63, 3.8) is 0 Å². The number of hydrogen-bond acceptors (Lipinski definition) is 5. The molecule has 0 amide bonds. The van der Waals surface area contributed by atoms with E-state index < -0.39 is 0 Å². The third-order valence-electron chi connectivity index (χ3n) is 2.31. The summed E-state index contributed by atoms with van der Waals surface area (Å²) in [5.74, 6) is 1.57. The number of ether oxygens (including phenoxy) is 1. The number of nitrogens with one attached hydrogen (secondary N) is 1. The van der Waals surface area contributed by atoms with Crippen LogP contribution in [0.2, 0.25) is 0 Å². The second kappa shape index (κ2) is 4.73. The average molecular weight is 234 g/mol. The summed E-state index contributed by atoms with van der Waals surface area (Å²) < 4.78 is 6.75. The molecule has 2 aromatic rings. The van der Waals surface area contributed by atoms with Gasteiger partial charge in [-0.2, -0.15) is 5.10 Å². The highest BCUT2D eigenvalue weighted by atomic mass is 16.5. The maximum atomic E-state index is 9.10. The number of aromatic nitrogens is 3. The van der Waals surface area contributed by atoms with Crippen LogP contribution in [0.25, 0.3) is 0 Å². The Hall–Kier alpha value is -2.24. The van der Waals surface area contributed by atoms with Crippen LogP contribution in [0.3, 0.4) is 0 Å². The van der Waals surface area contributed by atoms with Gasteiger partial charge in [0.1, 0.15) is 5.75 Å². The molecule has 0 aromatic carbocycles. The molecule has 17 heavy (non-hydrogen) atoms. The van der Waals surface area contributed by atoms with E-state index in [1.165, 1.54) is 6.20 Å². The molecule has 0 spiro atoms. The van der Waals surface area contributed by atoms with Crippen LogP contribution >= 0.6 is 0 Å². The quantitative estimate of drug-likeness (QED) is 0.830. The Kier molecular flexibility index (Phi) is 3.13. The minimum atomic E-state index is 0.160. The van der Waals surface area contributed by atoms with E-state index in [-0.39, 0.29) is 5.75 Å². The lowest BCUT2D eigenvalue weighted by Crippen LogP contribution is -2.02. The molecule has 0 aliphatic carbocycles. The van der Waals surface area contributed by atoms with Crippen LogP contribution in [0.1, 0.15) is 5.69 Å². The molecule has 0 fully saturated rings. The van der Waals surface area contributed by atoms with E-state index in [1.54, 1.807) is 30.0 Å². The van der Waals surface area contributed by atoms with Crippen LogP contribution in [-0.4, -0.2) is 27.0 Å². The van der Waals surface area contributed by atoms with E-state index in [2.05, 4.69) is 15.4 Å². The molecule has 2 aromatic heterocycles. The first kappa shape index (κ1) is 11.3. The molecule has 0 unspecified atom stereocenters. The van der Waals surface area contributed by atoms with Gasteiger partial charge in [0.15, 0.2) is 5.82 Å². The van der Waals surface area contributed by atoms with Crippen molar-refractivity contribution in [2.24, 2.45) is 7.05 Å². The number of aryl methyl sites for hydroxylation is 1. The first-order valence-electron chi connectivity index (χ1n) is 5.15. The van der Waals surface area contributed by atoms with Crippen LogP contribution in [0, 0.1) is 0 Å². The predicted octanol–water partition coefficient (Wildman–Crippen LogP) is 1.14. The molecular formula is C11H14N4O2. The van der Waals surface area contributed by atoms with Gasteiger partial charge < -0.3 is 15.2 Å². The molecule has 0 bridgehead atoms. The summed E-state index contributed by atoms with van der Waals surface area (Å²) in [7, 11) is 3.41. The Labute approximate surface area is 98.9 Å². The van der Waals surface area contributed by atoms with Gasteiger partial charge in [-0.3, -0.25) is 4.98 Å². The lowest BCUT2D eigenvalue weighted by Gasteiger charge is -2.01. The summed E-state index contributed by atoms with van der Waals surface area (Å²) in [5, 5.41) is 16.4. The highest BCUT2D eigenvalue weighted by molar-refractivity contribution is 5.39. The first-order chi connectivity index (χ1) is 8.19. The SMILES string of the molecule is COc1cc(NCc2ccc(O)cn2)nn1C. The zero-order valence-corrected chi connectivity index (χ0v) is 9.71. The van der Waals surface area contributed by atoms with Crippen LogP contribution in [-0.2, 0) is 13.6 Å². The number of pyridine rings is 1. The number of nitrogens with zero attached hydrogens (tertiary/aromatic N) is 3.